The second-order valence-electron chi connectivity index (χ2n) is 10.4. The van der Waals surface area contributed by atoms with E-state index in [2.05, 4.69) is 37.4 Å². The lowest BCUT2D eigenvalue weighted by Gasteiger charge is -2.32. The van der Waals surface area contributed by atoms with E-state index in [4.69, 9.17) is 27.1 Å². The molecule has 2 fully saturated rings. The van der Waals surface area contributed by atoms with Crippen LogP contribution in [0.15, 0.2) is 30.7 Å². The van der Waals surface area contributed by atoms with Crippen molar-refractivity contribution in [1.82, 2.24) is 29.6 Å². The summed E-state index contributed by atoms with van der Waals surface area (Å²) in [6, 6.07) is 0.154. The maximum Gasteiger partial charge on any atom is 0.404 e. The van der Waals surface area contributed by atoms with Gasteiger partial charge in [-0.2, -0.15) is 5.10 Å². The van der Waals surface area contributed by atoms with Crippen LogP contribution in [-0.4, -0.2) is 78.7 Å². The number of piperidine rings is 1. The van der Waals surface area contributed by atoms with Crippen molar-refractivity contribution in [2.45, 2.75) is 50.5 Å². The number of amides is 1. The van der Waals surface area contributed by atoms with Crippen molar-refractivity contribution in [3.63, 3.8) is 0 Å². The topological polar surface area (TPSA) is 147 Å². The zero-order valence-electron chi connectivity index (χ0n) is 20.5. The fourth-order valence-corrected chi connectivity index (χ4v) is 6.24. The Balaban J connectivity index is 1.23. The highest BCUT2D eigenvalue weighted by atomic mass is 35.5. The van der Waals surface area contributed by atoms with Gasteiger partial charge in [-0.25, -0.2) is 14.8 Å². The molecule has 196 valence electrons. The molecule has 3 aliphatic rings. The monoisotopic (exact) mass is 526 g/mol. The number of primary amides is 1. The van der Waals surface area contributed by atoms with Gasteiger partial charge in [0.15, 0.2) is 5.65 Å². The van der Waals surface area contributed by atoms with E-state index in [1.54, 1.807) is 6.20 Å². The molecule has 6 rings (SSSR count). The summed E-state index contributed by atoms with van der Waals surface area (Å²) in [5.74, 6) is 0.998. The Hall–Kier alpha value is -3.15. The van der Waals surface area contributed by atoms with Crippen molar-refractivity contribution in [3.05, 3.63) is 35.8 Å². The predicted octanol–water partition coefficient (Wildman–Crippen LogP) is 2.94. The van der Waals surface area contributed by atoms with E-state index in [0.717, 1.165) is 37.9 Å². The van der Waals surface area contributed by atoms with Gasteiger partial charge >= 0.3 is 6.09 Å². The molecule has 5 N–H and O–H groups in total. The first-order valence-electron chi connectivity index (χ1n) is 12.8. The van der Waals surface area contributed by atoms with Gasteiger partial charge in [0.1, 0.15) is 17.4 Å². The number of hydrogen-bond acceptors (Lipinski definition) is 8. The van der Waals surface area contributed by atoms with E-state index in [-0.39, 0.29) is 30.1 Å². The number of carbonyl (C=O) groups is 1. The molecular formula is C25H31ClN8O3. The number of aromatic amines is 1. The van der Waals surface area contributed by atoms with Crippen molar-refractivity contribution in [3.8, 4) is 11.4 Å². The number of fused-ring (bicyclic) bond motifs is 3. The fraction of sp³-hybridized carbons (Fsp3) is 0.520. The Labute approximate surface area is 219 Å². The first-order valence-corrected chi connectivity index (χ1v) is 13.1. The number of nitrogens with two attached hydrogens (primary N) is 1. The molecule has 0 spiro atoms. The number of likely N-dealkylation sites (tertiary alicyclic amines) is 1. The third-order valence-electron chi connectivity index (χ3n) is 7.75. The number of nitrogens with one attached hydrogen (secondary N) is 2. The number of hydrogen-bond donors (Lipinski definition) is 4. The number of anilines is 1. The van der Waals surface area contributed by atoms with Crippen molar-refractivity contribution >= 4 is 34.5 Å². The van der Waals surface area contributed by atoms with Crippen molar-refractivity contribution in [1.29, 1.82) is 0 Å². The first-order chi connectivity index (χ1) is 17.9. The number of carbonyl (C=O) groups excluding carboxylic acids is 1. The van der Waals surface area contributed by atoms with Crippen LogP contribution >= 0.6 is 11.6 Å². The van der Waals surface area contributed by atoms with Gasteiger partial charge in [0.25, 0.3) is 0 Å². The zero-order chi connectivity index (χ0) is 25.7. The van der Waals surface area contributed by atoms with Gasteiger partial charge in [-0.3, -0.25) is 4.68 Å². The van der Waals surface area contributed by atoms with Crippen LogP contribution in [0.3, 0.4) is 0 Å². The van der Waals surface area contributed by atoms with E-state index in [9.17, 15) is 9.90 Å². The molecule has 0 aromatic carbocycles. The summed E-state index contributed by atoms with van der Waals surface area (Å²) < 4.78 is 7.47. The number of pyridine rings is 1. The second kappa shape index (κ2) is 9.62. The summed E-state index contributed by atoms with van der Waals surface area (Å²) in [4.78, 5) is 26.3. The SMILES string of the molecule is C[C@@H](O)CN1CCC(n2cc(-c3nc4ncc(Cl)c(N[C@H]5[C@@H](OC(N)=O)[C@@H]6C=C[C@H]5C6)c4[nH]3)cn2)CC1. The molecule has 2 bridgehead atoms. The second-order valence-corrected chi connectivity index (χ2v) is 10.8. The third-order valence-corrected chi connectivity index (χ3v) is 8.04. The molecule has 3 aromatic heterocycles. The molecule has 1 saturated carbocycles. The van der Waals surface area contributed by atoms with Gasteiger partial charge in [0, 0.05) is 37.7 Å². The van der Waals surface area contributed by atoms with Crippen LogP contribution in [0.4, 0.5) is 10.5 Å². The van der Waals surface area contributed by atoms with E-state index in [0.29, 0.717) is 40.3 Å². The third kappa shape index (κ3) is 4.67. The number of imidazole rings is 1. The number of rotatable bonds is 7. The summed E-state index contributed by atoms with van der Waals surface area (Å²) in [6.45, 7) is 4.40. The molecule has 1 amide bonds. The Morgan fingerprint density at radius 2 is 2.11 bits per heavy atom. The minimum Gasteiger partial charge on any atom is -0.444 e. The van der Waals surface area contributed by atoms with Crippen molar-refractivity contribution in [2.75, 3.05) is 25.0 Å². The van der Waals surface area contributed by atoms with Crippen molar-refractivity contribution < 1.29 is 14.6 Å². The van der Waals surface area contributed by atoms with Gasteiger partial charge in [0.05, 0.1) is 46.9 Å². The highest BCUT2D eigenvalue weighted by molar-refractivity contribution is 6.34. The largest absolute Gasteiger partial charge is 0.444 e. The number of halogens is 1. The summed E-state index contributed by atoms with van der Waals surface area (Å²) in [5, 5.41) is 18.2. The van der Waals surface area contributed by atoms with E-state index in [1.807, 2.05) is 24.0 Å². The quantitative estimate of drug-likeness (QED) is 0.343. The Morgan fingerprint density at radius 1 is 1.32 bits per heavy atom. The molecule has 37 heavy (non-hydrogen) atoms. The van der Waals surface area contributed by atoms with Crippen molar-refractivity contribution in [2.24, 2.45) is 17.6 Å². The molecule has 11 nitrogen and oxygen atoms in total. The summed E-state index contributed by atoms with van der Waals surface area (Å²) in [7, 11) is 0. The van der Waals surface area contributed by atoms with Crippen LogP contribution in [0, 0.1) is 11.8 Å². The Bertz CT molecular complexity index is 1330. The van der Waals surface area contributed by atoms with Gasteiger partial charge in [-0.15, -0.1) is 0 Å². The number of ether oxygens (including phenoxy) is 1. The molecule has 0 unspecified atom stereocenters. The molecule has 5 atom stereocenters. The minimum atomic E-state index is -0.779. The Morgan fingerprint density at radius 3 is 2.86 bits per heavy atom. The maximum absolute atomic E-state index is 11.5. The fourth-order valence-electron chi connectivity index (χ4n) is 6.04. The predicted molar refractivity (Wildman–Crippen MR) is 139 cm³/mol. The molecule has 4 heterocycles. The smallest absolute Gasteiger partial charge is 0.404 e. The first kappa shape index (κ1) is 24.2. The lowest BCUT2D eigenvalue weighted by atomic mass is 9.98. The van der Waals surface area contributed by atoms with Crippen LogP contribution in [0.1, 0.15) is 32.2 Å². The van der Waals surface area contributed by atoms with E-state index < -0.39 is 6.09 Å². The molecular weight excluding hydrogens is 496 g/mol. The molecule has 1 saturated heterocycles. The van der Waals surface area contributed by atoms with Crippen LogP contribution in [-0.2, 0) is 4.74 Å². The molecule has 12 heteroatoms. The highest BCUT2D eigenvalue weighted by Crippen LogP contribution is 2.44. The number of aromatic nitrogens is 5. The summed E-state index contributed by atoms with van der Waals surface area (Å²) in [5.41, 5.74) is 8.10. The van der Waals surface area contributed by atoms with E-state index >= 15 is 0 Å². The summed E-state index contributed by atoms with van der Waals surface area (Å²) in [6.07, 6.45) is 11.0. The van der Waals surface area contributed by atoms with Gasteiger partial charge < -0.3 is 30.8 Å². The summed E-state index contributed by atoms with van der Waals surface area (Å²) >= 11 is 6.58. The average molecular weight is 527 g/mol. The molecule has 0 radical (unpaired) electrons. The molecule has 3 aromatic rings. The number of nitrogens with zero attached hydrogens (tertiary/aromatic N) is 5. The van der Waals surface area contributed by atoms with Crippen LogP contribution in [0.2, 0.25) is 5.02 Å². The molecule has 1 aliphatic heterocycles. The van der Waals surface area contributed by atoms with Crippen LogP contribution in [0.25, 0.3) is 22.6 Å². The lowest BCUT2D eigenvalue weighted by molar-refractivity contribution is 0.0854. The lowest BCUT2D eigenvalue weighted by Crippen LogP contribution is -2.41. The molecule has 2 aliphatic carbocycles. The maximum atomic E-state index is 11.5. The van der Waals surface area contributed by atoms with Gasteiger partial charge in [-0.05, 0) is 26.2 Å². The number of aliphatic hydroxyl groups is 1. The normalized spacial score (nSPS) is 26.7. The minimum absolute atomic E-state index is 0.133. The zero-order valence-corrected chi connectivity index (χ0v) is 21.3. The number of H-pyrrole nitrogens is 1. The Kier molecular flexibility index (Phi) is 6.29. The average Bonchev–Trinajstić information content (AvgIpc) is 3.65. The standard InChI is InChI=1S/C25H31ClN8O3/c1-13(35)11-33-6-4-17(5-7-33)34-12-16(9-29-34)23-31-21-20(18(26)10-28-24(21)32-23)30-19-14-2-3-15(8-14)22(19)37-25(27)36/h2-3,9-10,12-15,17,19,22,35H,4-8,11H2,1H3,(H2,27,36)(H2,28,30,31,32)/t13-,14+,15-,19-,22+/m1/s1. The van der Waals surface area contributed by atoms with Crippen LogP contribution < -0.4 is 11.1 Å². The number of β-amino-alcohol motifs (C(OH)–C–C–N with tert-alkyl or cyclic N) is 1. The van der Waals surface area contributed by atoms with Gasteiger partial charge in [0.2, 0.25) is 0 Å². The van der Waals surface area contributed by atoms with E-state index in [1.165, 1.54) is 0 Å². The number of aliphatic hydroxyl groups excluding tert-OH is 1. The van der Waals surface area contributed by atoms with Crippen LogP contribution in [0.5, 0.6) is 0 Å². The van der Waals surface area contributed by atoms with Gasteiger partial charge in [-0.1, -0.05) is 23.8 Å². The highest BCUT2D eigenvalue weighted by Gasteiger charge is 2.47.